The van der Waals surface area contributed by atoms with E-state index in [0.717, 1.165) is 46.8 Å². The van der Waals surface area contributed by atoms with Gasteiger partial charge in [-0.3, -0.25) is 9.69 Å². The molecule has 3 aromatic rings. The van der Waals surface area contributed by atoms with Crippen molar-refractivity contribution in [3.63, 3.8) is 0 Å². The van der Waals surface area contributed by atoms with Crippen molar-refractivity contribution < 1.29 is 9.21 Å². The third kappa shape index (κ3) is 3.40. The molecule has 0 bridgehead atoms. The van der Waals surface area contributed by atoms with Crippen molar-refractivity contribution in [2.45, 2.75) is 52.5 Å². The highest BCUT2D eigenvalue weighted by molar-refractivity contribution is 7.22. The molecule has 4 nitrogen and oxygen atoms in total. The number of hydrogen-bond donors (Lipinski definition) is 0. The average Bonchev–Trinajstić information content (AvgIpc) is 3.30. The van der Waals surface area contributed by atoms with Crippen LogP contribution in [0.15, 0.2) is 34.9 Å². The number of fused-ring (bicyclic) bond motifs is 1. The summed E-state index contributed by atoms with van der Waals surface area (Å²) in [7, 11) is 0. The molecule has 5 heteroatoms. The van der Waals surface area contributed by atoms with Crippen LogP contribution in [0.1, 0.15) is 49.0 Å². The van der Waals surface area contributed by atoms with Crippen molar-refractivity contribution in [3.05, 3.63) is 47.4 Å². The van der Waals surface area contributed by atoms with E-state index < -0.39 is 0 Å². The van der Waals surface area contributed by atoms with E-state index in [1.807, 2.05) is 17.0 Å². The van der Waals surface area contributed by atoms with Gasteiger partial charge in [-0.2, -0.15) is 0 Å². The first-order chi connectivity index (χ1) is 12.6. The van der Waals surface area contributed by atoms with E-state index in [9.17, 15) is 4.79 Å². The number of anilines is 1. The van der Waals surface area contributed by atoms with Crippen molar-refractivity contribution in [2.75, 3.05) is 4.90 Å². The number of furan rings is 1. The summed E-state index contributed by atoms with van der Waals surface area (Å²) in [4.78, 5) is 19.9. The van der Waals surface area contributed by atoms with Crippen LogP contribution in [0.25, 0.3) is 10.2 Å². The molecular weight excluding hydrogens is 344 g/mol. The average molecular weight is 369 g/mol. The van der Waals surface area contributed by atoms with Gasteiger partial charge >= 0.3 is 0 Å². The Morgan fingerprint density at radius 3 is 2.73 bits per heavy atom. The summed E-state index contributed by atoms with van der Waals surface area (Å²) >= 11 is 1.59. The van der Waals surface area contributed by atoms with Gasteiger partial charge in [-0.25, -0.2) is 4.98 Å². The lowest BCUT2D eigenvalue weighted by Crippen LogP contribution is -2.36. The molecule has 0 spiro atoms. The largest absolute Gasteiger partial charge is 0.467 e. The molecule has 0 aliphatic heterocycles. The smallest absolute Gasteiger partial charge is 0.232 e. The first-order valence-corrected chi connectivity index (χ1v) is 10.1. The second-order valence-electron chi connectivity index (χ2n) is 7.24. The van der Waals surface area contributed by atoms with Gasteiger partial charge < -0.3 is 4.42 Å². The molecule has 1 aromatic carbocycles. The summed E-state index contributed by atoms with van der Waals surface area (Å²) < 4.78 is 6.65. The minimum Gasteiger partial charge on any atom is -0.467 e. The van der Waals surface area contributed by atoms with Crippen molar-refractivity contribution in [2.24, 2.45) is 5.92 Å². The van der Waals surface area contributed by atoms with E-state index in [1.165, 1.54) is 17.5 Å². The molecular formula is C21H24N2O2S. The van der Waals surface area contributed by atoms with Crippen LogP contribution in [0.2, 0.25) is 0 Å². The molecule has 136 valence electrons. The number of benzene rings is 1. The fourth-order valence-electron chi connectivity index (χ4n) is 3.65. The molecule has 1 saturated carbocycles. The van der Waals surface area contributed by atoms with E-state index in [2.05, 4.69) is 26.0 Å². The number of rotatable bonds is 4. The van der Waals surface area contributed by atoms with Gasteiger partial charge in [0, 0.05) is 5.92 Å². The normalized spacial score (nSPS) is 15.5. The summed E-state index contributed by atoms with van der Waals surface area (Å²) in [6.07, 6.45) is 7.14. The van der Waals surface area contributed by atoms with Crippen LogP contribution < -0.4 is 4.90 Å². The summed E-state index contributed by atoms with van der Waals surface area (Å²) in [5.74, 6) is 1.09. The van der Waals surface area contributed by atoms with Gasteiger partial charge in [0.05, 0.1) is 23.0 Å². The van der Waals surface area contributed by atoms with E-state index in [4.69, 9.17) is 9.40 Å². The fraction of sp³-hybridized carbons (Fsp3) is 0.429. The van der Waals surface area contributed by atoms with Gasteiger partial charge in [-0.1, -0.05) is 30.6 Å². The zero-order chi connectivity index (χ0) is 18.1. The summed E-state index contributed by atoms with van der Waals surface area (Å²) in [6.45, 7) is 4.66. The Morgan fingerprint density at radius 1 is 1.23 bits per heavy atom. The highest BCUT2D eigenvalue weighted by atomic mass is 32.1. The molecule has 26 heavy (non-hydrogen) atoms. The van der Waals surface area contributed by atoms with Crippen LogP contribution in [0.3, 0.4) is 0 Å². The number of thiazole rings is 1. The molecule has 0 atom stereocenters. The molecule has 2 aromatic heterocycles. The van der Waals surface area contributed by atoms with Crippen LogP contribution >= 0.6 is 11.3 Å². The van der Waals surface area contributed by atoms with E-state index in [1.54, 1.807) is 17.6 Å². The number of carbonyl (C=O) groups is 1. The van der Waals surface area contributed by atoms with Crippen LogP contribution in [0, 0.1) is 19.8 Å². The van der Waals surface area contributed by atoms with Gasteiger partial charge in [-0.15, -0.1) is 0 Å². The number of aryl methyl sites for hydroxylation is 2. The molecule has 4 rings (SSSR count). The highest BCUT2D eigenvalue weighted by Gasteiger charge is 2.29. The molecule has 1 fully saturated rings. The minimum absolute atomic E-state index is 0.106. The number of amides is 1. The molecule has 1 aliphatic carbocycles. The maximum Gasteiger partial charge on any atom is 0.232 e. The van der Waals surface area contributed by atoms with Crippen LogP contribution in [0.5, 0.6) is 0 Å². The zero-order valence-corrected chi connectivity index (χ0v) is 16.1. The second-order valence-corrected chi connectivity index (χ2v) is 8.25. The Hall–Kier alpha value is -2.14. The topological polar surface area (TPSA) is 46.3 Å². The molecule has 0 saturated heterocycles. The predicted octanol–water partition coefficient (Wildman–Crippen LogP) is 5.62. The fourth-order valence-corrected chi connectivity index (χ4v) is 4.70. The maximum absolute atomic E-state index is 13.3. The summed E-state index contributed by atoms with van der Waals surface area (Å²) in [5, 5.41) is 0.775. The van der Waals surface area contributed by atoms with Crippen LogP contribution in [-0.4, -0.2) is 10.9 Å². The molecule has 0 unspecified atom stereocenters. The lowest BCUT2D eigenvalue weighted by Gasteiger charge is -2.27. The highest BCUT2D eigenvalue weighted by Crippen LogP contribution is 2.34. The summed E-state index contributed by atoms with van der Waals surface area (Å²) in [5.41, 5.74) is 3.45. The molecule has 0 N–H and O–H groups in total. The Morgan fingerprint density at radius 2 is 2.00 bits per heavy atom. The first kappa shape index (κ1) is 17.3. The zero-order valence-electron chi connectivity index (χ0n) is 15.3. The molecule has 1 amide bonds. The van der Waals surface area contributed by atoms with Crippen molar-refractivity contribution in [1.29, 1.82) is 0 Å². The second kappa shape index (κ2) is 7.23. The Kier molecular flexibility index (Phi) is 4.81. The number of carbonyl (C=O) groups excluding carboxylic acids is 1. The van der Waals surface area contributed by atoms with Gasteiger partial charge in [-0.05, 0) is 62.1 Å². The molecule has 1 aliphatic rings. The van der Waals surface area contributed by atoms with Crippen LogP contribution in [0.4, 0.5) is 5.13 Å². The summed E-state index contributed by atoms with van der Waals surface area (Å²) in [6, 6.07) is 8.06. The van der Waals surface area contributed by atoms with Crippen molar-refractivity contribution in [3.8, 4) is 0 Å². The Balaban J connectivity index is 1.70. The van der Waals surface area contributed by atoms with E-state index in [0.29, 0.717) is 6.54 Å². The van der Waals surface area contributed by atoms with E-state index in [-0.39, 0.29) is 11.8 Å². The van der Waals surface area contributed by atoms with Gasteiger partial charge in [0.15, 0.2) is 5.13 Å². The lowest BCUT2D eigenvalue weighted by molar-refractivity contribution is -0.123. The van der Waals surface area contributed by atoms with Crippen molar-refractivity contribution >= 4 is 32.6 Å². The Labute approximate surface area is 157 Å². The monoisotopic (exact) mass is 368 g/mol. The molecule has 0 radical (unpaired) electrons. The van der Waals surface area contributed by atoms with Crippen molar-refractivity contribution in [1.82, 2.24) is 4.98 Å². The third-order valence-corrected chi connectivity index (χ3v) is 6.38. The SMILES string of the molecule is Cc1cc2nc(N(Cc3ccco3)C(=O)C3CCCCC3)sc2cc1C. The number of aromatic nitrogens is 1. The Bertz CT molecular complexity index is 869. The third-order valence-electron chi connectivity index (χ3n) is 5.34. The van der Waals surface area contributed by atoms with Gasteiger partial charge in [0.1, 0.15) is 5.76 Å². The van der Waals surface area contributed by atoms with Gasteiger partial charge in [0.2, 0.25) is 5.91 Å². The minimum atomic E-state index is 0.106. The van der Waals surface area contributed by atoms with Gasteiger partial charge in [0.25, 0.3) is 0 Å². The molecule has 2 heterocycles. The van der Waals surface area contributed by atoms with E-state index >= 15 is 0 Å². The number of hydrogen-bond acceptors (Lipinski definition) is 4. The predicted molar refractivity (Wildman–Crippen MR) is 106 cm³/mol. The maximum atomic E-state index is 13.3. The van der Waals surface area contributed by atoms with Crippen LogP contribution in [-0.2, 0) is 11.3 Å². The number of nitrogens with zero attached hydrogens (tertiary/aromatic N) is 2. The standard InChI is InChI=1S/C21H24N2O2S/c1-14-11-18-19(12-15(14)2)26-21(22-18)23(13-17-9-6-10-25-17)20(24)16-7-4-3-5-8-16/h6,9-12,16H,3-5,7-8,13H2,1-2H3. The lowest BCUT2D eigenvalue weighted by atomic mass is 9.88. The quantitative estimate of drug-likeness (QED) is 0.600. The first-order valence-electron chi connectivity index (χ1n) is 9.33.